The van der Waals surface area contributed by atoms with Gasteiger partial charge in [-0.2, -0.15) is 0 Å². The Kier molecular flexibility index (Phi) is 5.24. The number of nitrogens with two attached hydrogens (primary N) is 2. The van der Waals surface area contributed by atoms with Gasteiger partial charge in [-0.25, -0.2) is 9.29 Å². The van der Waals surface area contributed by atoms with Crippen LogP contribution in [-0.4, -0.2) is 29.7 Å². The highest BCUT2D eigenvalue weighted by Gasteiger charge is 2.74. The van der Waals surface area contributed by atoms with Gasteiger partial charge in [-0.1, -0.05) is 25.5 Å². The van der Waals surface area contributed by atoms with E-state index < -0.39 is 52.9 Å². The fourth-order valence-electron chi connectivity index (χ4n) is 5.80. The predicted octanol–water partition coefficient (Wildman–Crippen LogP) is 0.943. The normalized spacial score (nSPS) is 27.3. The first kappa shape index (κ1) is 22.2. The number of halogens is 1. The van der Waals surface area contributed by atoms with Gasteiger partial charge in [0.1, 0.15) is 23.7 Å². The number of nitrogens with zero attached hydrogens (tertiary/aromatic N) is 1. The van der Waals surface area contributed by atoms with Crippen molar-refractivity contribution in [3.8, 4) is 0 Å². The molecule has 2 saturated heterocycles. The lowest BCUT2D eigenvalue weighted by Gasteiger charge is -2.26. The molecule has 0 aromatic heterocycles. The molecule has 0 bridgehead atoms. The molecule has 0 aliphatic carbocycles. The maximum absolute atomic E-state index is 14.2. The Bertz CT molecular complexity index is 1210. The van der Waals surface area contributed by atoms with E-state index in [-0.39, 0.29) is 6.42 Å². The summed E-state index contributed by atoms with van der Waals surface area (Å²) in [6.07, 6.45) is 2.79. The Balaban J connectivity index is 1.59. The zero-order valence-electron chi connectivity index (χ0n) is 18.7. The van der Waals surface area contributed by atoms with Crippen molar-refractivity contribution in [3.63, 3.8) is 0 Å². The summed E-state index contributed by atoms with van der Waals surface area (Å²) in [5, 5.41) is 4.29. The van der Waals surface area contributed by atoms with Crippen LogP contribution in [0.1, 0.15) is 37.3 Å². The van der Waals surface area contributed by atoms with Gasteiger partial charge < -0.3 is 16.4 Å². The van der Waals surface area contributed by atoms with E-state index in [1.54, 1.807) is 17.4 Å². The second-order valence-electron chi connectivity index (χ2n) is 9.30. The first-order chi connectivity index (χ1) is 16.3. The Labute approximate surface area is 195 Å². The molecule has 2 fully saturated rings. The molecule has 176 valence electrons. The van der Waals surface area contributed by atoms with E-state index in [2.05, 4.69) is 12.2 Å². The molecular weight excluding hydrogens is 439 g/mol. The van der Waals surface area contributed by atoms with Crippen molar-refractivity contribution < 1.29 is 28.9 Å². The molecule has 0 unspecified atom stereocenters. The number of imide groups is 1. The Hall–Kier alpha value is -3.59. The summed E-state index contributed by atoms with van der Waals surface area (Å²) >= 11 is 0. The van der Waals surface area contributed by atoms with Crippen molar-refractivity contribution in [2.75, 3.05) is 10.2 Å². The molecule has 9 heteroatoms. The second kappa shape index (κ2) is 8.02. The van der Waals surface area contributed by atoms with Gasteiger partial charge in [0.15, 0.2) is 0 Å². The number of carbonyl (C=O) groups is 4. The maximum atomic E-state index is 14.2. The van der Waals surface area contributed by atoms with Crippen LogP contribution in [0, 0.1) is 17.7 Å². The molecule has 3 aliphatic rings. The zero-order valence-corrected chi connectivity index (χ0v) is 18.7. The van der Waals surface area contributed by atoms with Crippen molar-refractivity contribution in [2.45, 2.75) is 44.2 Å². The summed E-state index contributed by atoms with van der Waals surface area (Å²) in [5.74, 6) is -4.76. The SMILES string of the molecule is CCCCc1ccc(N2C(=O)[C@H]3[C@@H](CC(N)=O)[NH2+][C@@]4(C(=O)Nc5ccc(F)cc54)[C@H]3C2=O)cc1. The highest BCUT2D eigenvalue weighted by molar-refractivity contribution is 6.25. The third-order valence-electron chi connectivity index (χ3n) is 7.28. The van der Waals surface area contributed by atoms with Crippen molar-refractivity contribution in [1.29, 1.82) is 0 Å². The molecular formula is C25H26FN4O4+. The van der Waals surface area contributed by atoms with Gasteiger partial charge in [0.25, 0.3) is 5.91 Å². The summed E-state index contributed by atoms with van der Waals surface area (Å²) in [6, 6.07) is 10.4. The number of quaternary nitrogens is 1. The van der Waals surface area contributed by atoms with E-state index in [4.69, 9.17) is 5.73 Å². The minimum absolute atomic E-state index is 0.191. The van der Waals surface area contributed by atoms with Crippen LogP contribution in [0.3, 0.4) is 0 Å². The number of rotatable bonds is 6. The van der Waals surface area contributed by atoms with Gasteiger partial charge in [0, 0.05) is 5.56 Å². The monoisotopic (exact) mass is 465 g/mol. The number of benzene rings is 2. The smallest absolute Gasteiger partial charge is 0.291 e. The van der Waals surface area contributed by atoms with Crippen LogP contribution >= 0.6 is 0 Å². The Morgan fingerprint density at radius 1 is 1.15 bits per heavy atom. The molecule has 0 radical (unpaired) electrons. The van der Waals surface area contributed by atoms with Crippen LogP contribution in [-0.2, 0) is 31.1 Å². The Morgan fingerprint density at radius 3 is 2.56 bits per heavy atom. The van der Waals surface area contributed by atoms with Crippen molar-refractivity contribution in [2.24, 2.45) is 17.6 Å². The number of amides is 4. The number of fused-ring (bicyclic) bond motifs is 4. The molecule has 0 saturated carbocycles. The quantitative estimate of drug-likeness (QED) is 0.549. The highest BCUT2D eigenvalue weighted by Crippen LogP contribution is 2.50. The summed E-state index contributed by atoms with van der Waals surface area (Å²) in [6.45, 7) is 2.10. The summed E-state index contributed by atoms with van der Waals surface area (Å²) in [4.78, 5) is 53.6. The number of carbonyl (C=O) groups excluding carboxylic acids is 4. The molecule has 4 amide bonds. The van der Waals surface area contributed by atoms with Crippen LogP contribution in [0.15, 0.2) is 42.5 Å². The molecule has 2 aromatic carbocycles. The number of primary amides is 1. The second-order valence-corrected chi connectivity index (χ2v) is 9.30. The van der Waals surface area contributed by atoms with Gasteiger partial charge in [-0.3, -0.25) is 19.2 Å². The van der Waals surface area contributed by atoms with Crippen molar-refractivity contribution in [1.82, 2.24) is 0 Å². The van der Waals surface area contributed by atoms with Crippen LogP contribution in [0.25, 0.3) is 0 Å². The minimum atomic E-state index is -1.55. The third-order valence-corrected chi connectivity index (χ3v) is 7.28. The lowest BCUT2D eigenvalue weighted by Crippen LogP contribution is -2.99. The van der Waals surface area contributed by atoms with Gasteiger partial charge >= 0.3 is 0 Å². The molecule has 5 rings (SSSR count). The van der Waals surface area contributed by atoms with E-state index in [9.17, 15) is 23.6 Å². The molecule has 2 aromatic rings. The number of anilines is 2. The highest BCUT2D eigenvalue weighted by atomic mass is 19.1. The van der Waals surface area contributed by atoms with Gasteiger partial charge in [-0.05, 0) is 48.7 Å². The summed E-state index contributed by atoms with van der Waals surface area (Å²) < 4.78 is 14.2. The third kappa shape index (κ3) is 3.14. The van der Waals surface area contributed by atoms with Gasteiger partial charge in [0.2, 0.25) is 23.3 Å². The van der Waals surface area contributed by atoms with Gasteiger partial charge in [-0.15, -0.1) is 0 Å². The first-order valence-electron chi connectivity index (χ1n) is 11.5. The summed E-state index contributed by atoms with van der Waals surface area (Å²) in [5.41, 5.74) is 6.10. The van der Waals surface area contributed by atoms with Crippen molar-refractivity contribution in [3.05, 3.63) is 59.4 Å². The number of aryl methyl sites for hydroxylation is 1. The van der Waals surface area contributed by atoms with E-state index in [1.165, 1.54) is 18.2 Å². The summed E-state index contributed by atoms with van der Waals surface area (Å²) in [7, 11) is 0. The van der Waals surface area contributed by atoms with Crippen LogP contribution < -0.4 is 21.3 Å². The zero-order chi connectivity index (χ0) is 24.2. The molecule has 5 N–H and O–H groups in total. The lowest BCUT2D eigenvalue weighted by atomic mass is 9.76. The number of unbranched alkanes of at least 4 members (excludes halogenated alkanes) is 1. The van der Waals surface area contributed by atoms with Crippen LogP contribution in [0.2, 0.25) is 0 Å². The first-order valence-corrected chi connectivity index (χ1v) is 11.5. The number of hydrogen-bond donors (Lipinski definition) is 3. The maximum Gasteiger partial charge on any atom is 0.291 e. The average Bonchev–Trinajstić information content (AvgIpc) is 3.37. The van der Waals surface area contributed by atoms with Gasteiger partial charge in [0.05, 0.1) is 17.8 Å². The standard InChI is InChI=1S/C25H25FN4O4/c1-2-3-4-13-5-8-15(9-6-13)30-22(32)20-18(12-19(27)31)29-25(21(20)23(30)33)16-11-14(26)7-10-17(16)28-24(25)34/h5-11,18,20-21,29H,2-4,12H2,1H3,(H2,27,31)(H,28,34)/p+1/t18-,20+,21-,25-/m1/s1. The topological polar surface area (TPSA) is 126 Å². The van der Waals surface area contributed by atoms with E-state index in [0.717, 1.165) is 29.7 Å². The van der Waals surface area contributed by atoms with Crippen LogP contribution in [0.5, 0.6) is 0 Å². The number of nitrogens with one attached hydrogen (secondary N) is 1. The minimum Gasteiger partial charge on any atom is -0.369 e. The molecule has 3 aliphatic heterocycles. The van der Waals surface area contributed by atoms with Crippen molar-refractivity contribution >= 4 is 35.0 Å². The number of hydrogen-bond acceptors (Lipinski definition) is 4. The largest absolute Gasteiger partial charge is 0.369 e. The molecule has 4 atom stereocenters. The predicted molar refractivity (Wildman–Crippen MR) is 121 cm³/mol. The molecule has 8 nitrogen and oxygen atoms in total. The molecule has 3 heterocycles. The lowest BCUT2D eigenvalue weighted by molar-refractivity contribution is -0.732. The van der Waals surface area contributed by atoms with Crippen LogP contribution in [0.4, 0.5) is 15.8 Å². The molecule has 34 heavy (non-hydrogen) atoms. The fraction of sp³-hybridized carbons (Fsp3) is 0.360. The van der Waals surface area contributed by atoms with E-state index in [1.807, 2.05) is 12.1 Å². The average molecular weight is 466 g/mol. The van der Waals surface area contributed by atoms with E-state index in [0.29, 0.717) is 16.9 Å². The van der Waals surface area contributed by atoms with E-state index >= 15 is 0 Å². The fourth-order valence-corrected chi connectivity index (χ4v) is 5.80. The molecule has 1 spiro atoms. The Morgan fingerprint density at radius 2 is 1.88 bits per heavy atom.